The van der Waals surface area contributed by atoms with Crippen molar-refractivity contribution < 1.29 is 9.84 Å². The number of benzene rings is 2. The molecule has 0 unspecified atom stereocenters. The van der Waals surface area contributed by atoms with E-state index in [1.54, 1.807) is 0 Å². The lowest BCUT2D eigenvalue weighted by Crippen LogP contribution is -2.30. The molecule has 0 aliphatic carbocycles. The lowest BCUT2D eigenvalue weighted by molar-refractivity contribution is 0.0208. The van der Waals surface area contributed by atoms with Gasteiger partial charge in [0.15, 0.2) is 0 Å². The quantitative estimate of drug-likeness (QED) is 0.810. The van der Waals surface area contributed by atoms with Gasteiger partial charge in [0.2, 0.25) is 0 Å². The highest BCUT2D eigenvalue weighted by molar-refractivity contribution is 5.37. The molecule has 0 aromatic heterocycles. The first kappa shape index (κ1) is 10.4. The molecule has 0 saturated carbocycles. The Labute approximate surface area is 100 Å². The zero-order valence-corrected chi connectivity index (χ0v) is 9.41. The van der Waals surface area contributed by atoms with E-state index in [1.165, 1.54) is 0 Å². The molecule has 86 valence electrons. The summed E-state index contributed by atoms with van der Waals surface area (Å²) in [7, 11) is 0. The maximum absolute atomic E-state index is 10.1. The van der Waals surface area contributed by atoms with Crippen molar-refractivity contribution >= 4 is 0 Å². The summed E-state index contributed by atoms with van der Waals surface area (Å²) < 4.78 is 5.88. The molecule has 1 aliphatic heterocycles. The van der Waals surface area contributed by atoms with E-state index in [0.29, 0.717) is 6.42 Å². The molecule has 0 radical (unpaired) electrons. The van der Waals surface area contributed by atoms with Gasteiger partial charge in [-0.2, -0.15) is 0 Å². The van der Waals surface area contributed by atoms with Gasteiger partial charge in [-0.3, -0.25) is 0 Å². The highest BCUT2D eigenvalue weighted by Crippen LogP contribution is 2.34. The monoisotopic (exact) mass is 226 g/mol. The fourth-order valence-corrected chi connectivity index (χ4v) is 2.27. The average molecular weight is 226 g/mol. The molecular formula is C15H14O2. The normalized spacial score (nSPS) is 22.6. The molecule has 1 aliphatic rings. The van der Waals surface area contributed by atoms with Crippen molar-refractivity contribution in [1.29, 1.82) is 0 Å². The minimum absolute atomic E-state index is 0.258. The van der Waals surface area contributed by atoms with Crippen LogP contribution in [0.4, 0.5) is 0 Å². The smallest absolute Gasteiger partial charge is 0.150 e. The average Bonchev–Trinajstić information content (AvgIpc) is 2.39. The van der Waals surface area contributed by atoms with E-state index in [1.807, 2.05) is 54.6 Å². The predicted octanol–water partition coefficient (Wildman–Crippen LogP) is 2.72. The van der Waals surface area contributed by atoms with Crippen molar-refractivity contribution in [2.45, 2.75) is 18.6 Å². The number of para-hydroxylation sites is 1. The van der Waals surface area contributed by atoms with Crippen molar-refractivity contribution in [2.75, 3.05) is 0 Å². The molecule has 0 spiro atoms. The molecule has 1 heterocycles. The number of hydrogen-bond donors (Lipinski definition) is 1. The van der Waals surface area contributed by atoms with Crippen LogP contribution in [0.3, 0.4) is 0 Å². The van der Waals surface area contributed by atoms with E-state index in [-0.39, 0.29) is 6.10 Å². The van der Waals surface area contributed by atoms with Gasteiger partial charge in [-0.15, -0.1) is 0 Å². The van der Waals surface area contributed by atoms with Gasteiger partial charge in [-0.25, -0.2) is 0 Å². The van der Waals surface area contributed by atoms with Crippen molar-refractivity contribution in [3.63, 3.8) is 0 Å². The van der Waals surface area contributed by atoms with E-state index in [0.717, 1.165) is 16.9 Å². The van der Waals surface area contributed by atoms with Crippen LogP contribution in [0.15, 0.2) is 54.6 Å². The van der Waals surface area contributed by atoms with Gasteiger partial charge in [0.05, 0.1) is 6.10 Å². The molecular weight excluding hydrogens is 212 g/mol. The van der Waals surface area contributed by atoms with Crippen LogP contribution >= 0.6 is 0 Å². The van der Waals surface area contributed by atoms with E-state index >= 15 is 0 Å². The second-order valence-electron chi connectivity index (χ2n) is 4.33. The third-order valence-electron chi connectivity index (χ3n) is 3.13. The number of rotatable bonds is 1. The third-order valence-corrected chi connectivity index (χ3v) is 3.13. The number of ether oxygens (including phenoxy) is 1. The summed E-state index contributed by atoms with van der Waals surface area (Å²) in [5.74, 6) is 0.881. The van der Waals surface area contributed by atoms with Crippen molar-refractivity contribution in [2.24, 2.45) is 0 Å². The molecule has 0 saturated heterocycles. The Bertz CT molecular complexity index is 507. The fraction of sp³-hybridized carbons (Fsp3) is 0.200. The van der Waals surface area contributed by atoms with Crippen LogP contribution in [0, 0.1) is 0 Å². The molecule has 2 aromatic rings. The molecule has 2 atom stereocenters. The van der Waals surface area contributed by atoms with E-state index in [2.05, 4.69) is 0 Å². The highest BCUT2D eigenvalue weighted by Gasteiger charge is 2.29. The van der Waals surface area contributed by atoms with E-state index in [4.69, 9.17) is 4.74 Å². The van der Waals surface area contributed by atoms with Gasteiger partial charge in [0, 0.05) is 6.42 Å². The number of aliphatic hydroxyl groups is 1. The second kappa shape index (κ2) is 4.22. The summed E-state index contributed by atoms with van der Waals surface area (Å²) in [6.45, 7) is 0. The van der Waals surface area contributed by atoms with Crippen LogP contribution in [0.5, 0.6) is 5.75 Å². The van der Waals surface area contributed by atoms with E-state index < -0.39 is 6.10 Å². The minimum atomic E-state index is -0.479. The Hall–Kier alpha value is -1.80. The van der Waals surface area contributed by atoms with Gasteiger partial charge < -0.3 is 9.84 Å². The molecule has 3 rings (SSSR count). The minimum Gasteiger partial charge on any atom is -0.483 e. The predicted molar refractivity (Wildman–Crippen MR) is 66.0 cm³/mol. The van der Waals surface area contributed by atoms with Gasteiger partial charge in [0.25, 0.3) is 0 Å². The summed E-state index contributed by atoms with van der Waals surface area (Å²) in [6.07, 6.45) is -0.0890. The molecule has 0 fully saturated rings. The van der Waals surface area contributed by atoms with Crippen molar-refractivity contribution in [1.82, 2.24) is 0 Å². The topological polar surface area (TPSA) is 29.5 Å². The van der Waals surface area contributed by atoms with Crippen molar-refractivity contribution in [3.05, 3.63) is 65.7 Å². The number of fused-ring (bicyclic) bond motifs is 1. The third kappa shape index (κ3) is 1.92. The van der Waals surface area contributed by atoms with Gasteiger partial charge >= 0.3 is 0 Å². The van der Waals surface area contributed by atoms with Crippen LogP contribution in [-0.2, 0) is 6.42 Å². The molecule has 2 nitrogen and oxygen atoms in total. The van der Waals surface area contributed by atoms with Crippen molar-refractivity contribution in [3.8, 4) is 5.75 Å². The van der Waals surface area contributed by atoms with Crippen LogP contribution < -0.4 is 4.74 Å². The Morgan fingerprint density at radius 2 is 1.65 bits per heavy atom. The molecule has 2 aromatic carbocycles. The summed E-state index contributed by atoms with van der Waals surface area (Å²) >= 11 is 0. The van der Waals surface area contributed by atoms with Gasteiger partial charge in [-0.1, -0.05) is 48.5 Å². The Kier molecular flexibility index (Phi) is 2.57. The number of hydrogen-bond acceptors (Lipinski definition) is 2. The zero-order valence-electron chi connectivity index (χ0n) is 9.41. The first-order chi connectivity index (χ1) is 8.34. The second-order valence-corrected chi connectivity index (χ2v) is 4.33. The van der Waals surface area contributed by atoms with Gasteiger partial charge in [0.1, 0.15) is 11.9 Å². The van der Waals surface area contributed by atoms with Crippen LogP contribution in [0.25, 0.3) is 0 Å². The molecule has 1 N–H and O–H groups in total. The fourth-order valence-electron chi connectivity index (χ4n) is 2.27. The summed E-state index contributed by atoms with van der Waals surface area (Å²) in [5.41, 5.74) is 2.10. The summed E-state index contributed by atoms with van der Waals surface area (Å²) in [6, 6.07) is 17.8. The summed E-state index contributed by atoms with van der Waals surface area (Å²) in [4.78, 5) is 0. The lowest BCUT2D eigenvalue weighted by atomic mass is 9.95. The van der Waals surface area contributed by atoms with Crippen LogP contribution in [0.2, 0.25) is 0 Å². The first-order valence-corrected chi connectivity index (χ1v) is 5.82. The Morgan fingerprint density at radius 1 is 0.941 bits per heavy atom. The standard InChI is InChI=1S/C15H14O2/c16-13-10-12-8-4-5-9-14(12)17-15(13)11-6-2-1-3-7-11/h1-9,13,15-16H,10H2/t13-,15-/m0/s1. The Morgan fingerprint density at radius 3 is 2.47 bits per heavy atom. The Balaban J connectivity index is 1.95. The maximum Gasteiger partial charge on any atom is 0.150 e. The highest BCUT2D eigenvalue weighted by atomic mass is 16.5. The summed E-state index contributed by atoms with van der Waals surface area (Å²) in [5, 5.41) is 10.1. The number of aliphatic hydroxyl groups excluding tert-OH is 1. The molecule has 2 heteroatoms. The maximum atomic E-state index is 10.1. The lowest BCUT2D eigenvalue weighted by Gasteiger charge is -2.30. The van der Waals surface area contributed by atoms with Gasteiger partial charge in [-0.05, 0) is 17.2 Å². The van der Waals surface area contributed by atoms with Crippen LogP contribution in [0.1, 0.15) is 17.2 Å². The molecule has 0 amide bonds. The SMILES string of the molecule is O[C@H]1Cc2ccccc2O[C@H]1c1ccccc1. The zero-order chi connectivity index (χ0) is 11.7. The van der Waals surface area contributed by atoms with E-state index in [9.17, 15) is 5.11 Å². The van der Waals surface area contributed by atoms with Crippen LogP contribution in [-0.4, -0.2) is 11.2 Å². The molecule has 17 heavy (non-hydrogen) atoms. The first-order valence-electron chi connectivity index (χ1n) is 5.82. The molecule has 0 bridgehead atoms. The largest absolute Gasteiger partial charge is 0.483 e.